The summed E-state index contributed by atoms with van der Waals surface area (Å²) in [6, 6.07) is 3.23. The van der Waals surface area contributed by atoms with E-state index in [1.807, 2.05) is 13.8 Å². The second-order valence-electron chi connectivity index (χ2n) is 5.37. The second-order valence-corrected chi connectivity index (χ2v) is 5.37. The highest BCUT2D eigenvalue weighted by atomic mass is 19.1. The molecule has 1 aliphatic rings. The van der Waals surface area contributed by atoms with E-state index in [1.54, 1.807) is 12.1 Å². The molecule has 1 aliphatic heterocycles. The first-order valence-corrected chi connectivity index (χ1v) is 7.33. The largest absolute Gasteiger partial charge is 0.376 e. The number of ether oxygens (including phenoxy) is 2. The van der Waals surface area contributed by atoms with E-state index in [-0.39, 0.29) is 18.0 Å². The van der Waals surface area contributed by atoms with E-state index >= 15 is 0 Å². The van der Waals surface area contributed by atoms with Gasteiger partial charge in [-0.05, 0) is 55.6 Å². The summed E-state index contributed by atoms with van der Waals surface area (Å²) in [7, 11) is 0. The Kier molecular flexibility index (Phi) is 5.52. The minimum Gasteiger partial charge on any atom is -0.376 e. The van der Waals surface area contributed by atoms with Crippen molar-refractivity contribution >= 4 is 0 Å². The van der Waals surface area contributed by atoms with E-state index in [4.69, 9.17) is 9.47 Å². The van der Waals surface area contributed by atoms with Crippen LogP contribution in [-0.4, -0.2) is 32.5 Å². The molecular formula is C16H24FNO2. The first-order chi connectivity index (χ1) is 9.63. The lowest BCUT2D eigenvalue weighted by Crippen LogP contribution is -2.41. The Morgan fingerprint density at radius 1 is 1.30 bits per heavy atom. The van der Waals surface area contributed by atoms with Crippen molar-refractivity contribution in [3.63, 3.8) is 0 Å². The summed E-state index contributed by atoms with van der Waals surface area (Å²) in [5, 5.41) is 3.53. The molecule has 0 bridgehead atoms. The number of rotatable bonds is 5. The van der Waals surface area contributed by atoms with Crippen LogP contribution in [0.1, 0.15) is 36.1 Å². The van der Waals surface area contributed by atoms with E-state index in [0.29, 0.717) is 19.8 Å². The quantitative estimate of drug-likeness (QED) is 0.900. The smallest absolute Gasteiger partial charge is 0.123 e. The van der Waals surface area contributed by atoms with Crippen LogP contribution in [0.25, 0.3) is 0 Å². The molecule has 1 aromatic rings. The SMILES string of the molecule is CCCNC(c1c(C)cc(F)cc1C)C1COCCO1. The molecular weight excluding hydrogens is 257 g/mol. The number of benzene rings is 1. The monoisotopic (exact) mass is 281 g/mol. The molecule has 2 atom stereocenters. The molecule has 0 aliphatic carbocycles. The van der Waals surface area contributed by atoms with Gasteiger partial charge < -0.3 is 14.8 Å². The number of nitrogens with one attached hydrogen (secondary N) is 1. The Morgan fingerprint density at radius 3 is 2.55 bits per heavy atom. The Morgan fingerprint density at radius 2 is 2.00 bits per heavy atom. The molecule has 0 aromatic heterocycles. The van der Waals surface area contributed by atoms with Gasteiger partial charge in [0.1, 0.15) is 11.9 Å². The maximum atomic E-state index is 13.5. The van der Waals surface area contributed by atoms with Gasteiger partial charge in [0.2, 0.25) is 0 Å². The van der Waals surface area contributed by atoms with E-state index < -0.39 is 0 Å². The van der Waals surface area contributed by atoms with Crippen LogP contribution >= 0.6 is 0 Å². The van der Waals surface area contributed by atoms with E-state index in [9.17, 15) is 4.39 Å². The zero-order valence-electron chi connectivity index (χ0n) is 12.5. The molecule has 112 valence electrons. The average molecular weight is 281 g/mol. The fourth-order valence-corrected chi connectivity index (χ4v) is 2.83. The van der Waals surface area contributed by atoms with Crippen molar-refractivity contribution in [2.24, 2.45) is 0 Å². The zero-order chi connectivity index (χ0) is 14.5. The lowest BCUT2D eigenvalue weighted by molar-refractivity contribution is -0.102. The minimum absolute atomic E-state index is 0.0156. The molecule has 1 fully saturated rings. The van der Waals surface area contributed by atoms with Crippen LogP contribution in [0.15, 0.2) is 12.1 Å². The van der Waals surface area contributed by atoms with Gasteiger partial charge in [0.05, 0.1) is 25.9 Å². The normalized spacial score (nSPS) is 20.9. The Bertz CT molecular complexity index is 421. The van der Waals surface area contributed by atoms with Crippen molar-refractivity contribution in [3.8, 4) is 0 Å². The molecule has 20 heavy (non-hydrogen) atoms. The van der Waals surface area contributed by atoms with Gasteiger partial charge in [0.15, 0.2) is 0 Å². The molecule has 4 heteroatoms. The Labute approximate surface area is 120 Å². The first-order valence-electron chi connectivity index (χ1n) is 7.33. The van der Waals surface area contributed by atoms with Gasteiger partial charge in [-0.3, -0.25) is 0 Å². The average Bonchev–Trinajstić information content (AvgIpc) is 2.42. The van der Waals surface area contributed by atoms with Crippen LogP contribution in [0.3, 0.4) is 0 Å². The summed E-state index contributed by atoms with van der Waals surface area (Å²) in [4.78, 5) is 0. The highest BCUT2D eigenvalue weighted by Gasteiger charge is 2.28. The van der Waals surface area contributed by atoms with Gasteiger partial charge in [0, 0.05) is 0 Å². The van der Waals surface area contributed by atoms with Crippen molar-refractivity contribution in [3.05, 3.63) is 34.6 Å². The second kappa shape index (κ2) is 7.16. The van der Waals surface area contributed by atoms with Gasteiger partial charge in [-0.15, -0.1) is 0 Å². The predicted molar refractivity (Wildman–Crippen MR) is 77.5 cm³/mol. The van der Waals surface area contributed by atoms with Crippen molar-refractivity contribution < 1.29 is 13.9 Å². The maximum Gasteiger partial charge on any atom is 0.123 e. The third kappa shape index (κ3) is 3.57. The summed E-state index contributed by atoms with van der Waals surface area (Å²) in [6.45, 7) is 8.79. The molecule has 0 saturated carbocycles. The van der Waals surface area contributed by atoms with Crippen LogP contribution < -0.4 is 5.32 Å². The van der Waals surface area contributed by atoms with Crippen LogP contribution in [0.5, 0.6) is 0 Å². The molecule has 0 radical (unpaired) electrons. The fourth-order valence-electron chi connectivity index (χ4n) is 2.83. The Hall–Kier alpha value is -0.970. The molecule has 0 spiro atoms. The van der Waals surface area contributed by atoms with Gasteiger partial charge in [-0.2, -0.15) is 0 Å². The van der Waals surface area contributed by atoms with Crippen LogP contribution in [-0.2, 0) is 9.47 Å². The lowest BCUT2D eigenvalue weighted by Gasteiger charge is -2.33. The standard InChI is InChI=1S/C16H24FNO2/c1-4-5-18-16(14-10-19-6-7-20-14)15-11(2)8-13(17)9-12(15)3/h8-9,14,16,18H,4-7,10H2,1-3H3. The molecule has 1 aromatic carbocycles. The number of aryl methyl sites for hydroxylation is 2. The topological polar surface area (TPSA) is 30.5 Å². The molecule has 2 unspecified atom stereocenters. The van der Waals surface area contributed by atoms with Crippen LogP contribution in [0.2, 0.25) is 0 Å². The summed E-state index contributed by atoms with van der Waals surface area (Å²) >= 11 is 0. The molecule has 2 rings (SSSR count). The maximum absolute atomic E-state index is 13.5. The molecule has 1 saturated heterocycles. The van der Waals surface area contributed by atoms with E-state index in [1.165, 1.54) is 0 Å². The minimum atomic E-state index is -0.182. The molecule has 3 nitrogen and oxygen atoms in total. The van der Waals surface area contributed by atoms with Gasteiger partial charge in [-0.1, -0.05) is 6.92 Å². The third-order valence-corrected chi connectivity index (χ3v) is 3.70. The van der Waals surface area contributed by atoms with Gasteiger partial charge >= 0.3 is 0 Å². The molecule has 1 N–H and O–H groups in total. The van der Waals surface area contributed by atoms with Gasteiger partial charge in [-0.25, -0.2) is 4.39 Å². The first kappa shape index (κ1) is 15.4. The van der Waals surface area contributed by atoms with Crippen LogP contribution in [0, 0.1) is 19.7 Å². The van der Waals surface area contributed by atoms with Crippen molar-refractivity contribution in [2.75, 3.05) is 26.4 Å². The van der Waals surface area contributed by atoms with Crippen molar-refractivity contribution in [2.45, 2.75) is 39.3 Å². The van der Waals surface area contributed by atoms with Crippen molar-refractivity contribution in [1.29, 1.82) is 0 Å². The molecule has 0 amide bonds. The van der Waals surface area contributed by atoms with E-state index in [2.05, 4.69) is 12.2 Å². The molecule has 1 heterocycles. The highest BCUT2D eigenvalue weighted by Crippen LogP contribution is 2.28. The highest BCUT2D eigenvalue weighted by molar-refractivity contribution is 5.37. The lowest BCUT2D eigenvalue weighted by atomic mass is 9.92. The number of hydrogen-bond acceptors (Lipinski definition) is 3. The zero-order valence-corrected chi connectivity index (χ0v) is 12.5. The summed E-state index contributed by atoms with van der Waals surface area (Å²) in [5.74, 6) is -0.182. The third-order valence-electron chi connectivity index (χ3n) is 3.70. The summed E-state index contributed by atoms with van der Waals surface area (Å²) < 4.78 is 24.9. The number of hydrogen-bond donors (Lipinski definition) is 1. The van der Waals surface area contributed by atoms with E-state index in [0.717, 1.165) is 29.7 Å². The predicted octanol–water partition coefficient (Wildman–Crippen LogP) is 2.90. The fraction of sp³-hybridized carbons (Fsp3) is 0.625. The Balaban J connectivity index is 2.29. The van der Waals surface area contributed by atoms with Crippen LogP contribution in [0.4, 0.5) is 4.39 Å². The van der Waals surface area contributed by atoms with Crippen molar-refractivity contribution in [1.82, 2.24) is 5.32 Å². The number of halogens is 1. The summed E-state index contributed by atoms with van der Waals surface area (Å²) in [5.41, 5.74) is 3.06. The van der Waals surface area contributed by atoms with Gasteiger partial charge in [0.25, 0.3) is 0 Å². The summed E-state index contributed by atoms with van der Waals surface area (Å²) in [6.07, 6.45) is 1.03.